The highest BCUT2D eigenvalue weighted by Gasteiger charge is 2.29. The number of hydrogen-bond acceptors (Lipinski definition) is 6. The largest absolute Gasteiger partial charge is 0.468 e. The molecule has 0 radical (unpaired) electrons. The molecule has 19 heavy (non-hydrogen) atoms. The second-order valence-electron chi connectivity index (χ2n) is 4.05. The highest BCUT2D eigenvalue weighted by atomic mass is 35.5. The number of aromatic nitrogens is 2. The molecule has 0 saturated heterocycles. The van der Waals surface area contributed by atoms with Gasteiger partial charge in [0.25, 0.3) is 0 Å². The summed E-state index contributed by atoms with van der Waals surface area (Å²) in [6.07, 6.45) is 2.12. The first-order valence-corrected chi connectivity index (χ1v) is 7.21. The zero-order chi connectivity index (χ0) is 14.6. The number of sulfonamides is 1. The molecule has 0 amide bonds. The highest BCUT2D eigenvalue weighted by molar-refractivity contribution is 7.89. The summed E-state index contributed by atoms with van der Waals surface area (Å²) in [6, 6.07) is -0.981. The summed E-state index contributed by atoms with van der Waals surface area (Å²) in [5.41, 5.74) is 0. The van der Waals surface area contributed by atoms with E-state index in [-0.39, 0.29) is 16.1 Å². The second kappa shape index (κ2) is 6.27. The number of ether oxygens (including phenoxy) is 1. The van der Waals surface area contributed by atoms with Crippen molar-refractivity contribution < 1.29 is 17.9 Å². The lowest BCUT2D eigenvalue weighted by molar-refractivity contribution is -0.143. The van der Waals surface area contributed by atoms with Crippen LogP contribution < -0.4 is 4.72 Å². The lowest BCUT2D eigenvalue weighted by Gasteiger charge is -2.19. The molecule has 1 rings (SSSR count). The molecule has 0 aliphatic rings. The number of carbonyl (C=O) groups excluding carboxylic acids is 1. The average molecular weight is 308 g/mol. The van der Waals surface area contributed by atoms with Crippen LogP contribution in [0.3, 0.4) is 0 Å². The summed E-state index contributed by atoms with van der Waals surface area (Å²) >= 11 is 5.48. The molecule has 1 unspecified atom stereocenters. The van der Waals surface area contributed by atoms with E-state index in [4.69, 9.17) is 11.6 Å². The van der Waals surface area contributed by atoms with E-state index >= 15 is 0 Å². The van der Waals surface area contributed by atoms with Crippen LogP contribution in [0, 0.1) is 5.92 Å². The maximum Gasteiger partial charge on any atom is 0.324 e. The first-order valence-electron chi connectivity index (χ1n) is 5.35. The minimum absolute atomic E-state index is 0.0627. The summed E-state index contributed by atoms with van der Waals surface area (Å²) in [5, 5.41) is -0.0627. The zero-order valence-corrected chi connectivity index (χ0v) is 12.2. The molecule has 0 spiro atoms. The van der Waals surface area contributed by atoms with Gasteiger partial charge in [0, 0.05) is 0 Å². The molecule has 0 fully saturated rings. The first kappa shape index (κ1) is 15.8. The van der Waals surface area contributed by atoms with Gasteiger partial charge >= 0.3 is 5.97 Å². The lowest BCUT2D eigenvalue weighted by atomic mass is 10.1. The Kier molecular flexibility index (Phi) is 5.21. The molecule has 0 aliphatic heterocycles. The summed E-state index contributed by atoms with van der Waals surface area (Å²) in [5.74, 6) is -0.927. The Bertz CT molecular complexity index is 544. The summed E-state index contributed by atoms with van der Waals surface area (Å²) in [6.45, 7) is 3.39. The third-order valence-corrected chi connectivity index (χ3v) is 3.90. The van der Waals surface area contributed by atoms with Crippen molar-refractivity contribution in [3.63, 3.8) is 0 Å². The standard InChI is InChI=1S/C10H14ClN3O4S/c1-6(2)8(9(15)18-3)14-19(16,17)7-4-12-10(11)13-5-7/h4-6,8,14H,1-3H3. The van der Waals surface area contributed by atoms with Crippen molar-refractivity contribution in [3.8, 4) is 0 Å². The molecule has 9 heteroatoms. The molecule has 0 aromatic carbocycles. The maximum absolute atomic E-state index is 12.0. The third kappa shape index (κ3) is 4.12. The van der Waals surface area contributed by atoms with E-state index in [2.05, 4.69) is 19.4 Å². The van der Waals surface area contributed by atoms with Crippen molar-refractivity contribution in [2.45, 2.75) is 24.8 Å². The Morgan fingerprint density at radius 1 is 1.37 bits per heavy atom. The van der Waals surface area contributed by atoms with Crippen molar-refractivity contribution in [1.82, 2.24) is 14.7 Å². The van der Waals surface area contributed by atoms with Crippen molar-refractivity contribution in [3.05, 3.63) is 17.7 Å². The number of esters is 1. The number of halogens is 1. The summed E-state index contributed by atoms with van der Waals surface area (Å²) in [7, 11) is -2.72. The van der Waals surface area contributed by atoms with Crippen LogP contribution in [0.25, 0.3) is 0 Å². The molecule has 7 nitrogen and oxygen atoms in total. The number of hydrogen-bond donors (Lipinski definition) is 1. The van der Waals surface area contributed by atoms with E-state index < -0.39 is 22.0 Å². The van der Waals surface area contributed by atoms with Gasteiger partial charge in [-0.3, -0.25) is 4.79 Å². The topological polar surface area (TPSA) is 98.2 Å². The molecule has 1 atom stereocenters. The Morgan fingerprint density at radius 3 is 2.32 bits per heavy atom. The van der Waals surface area contributed by atoms with Gasteiger partial charge in [0.2, 0.25) is 15.3 Å². The minimum atomic E-state index is -3.91. The molecule has 1 aromatic heterocycles. The van der Waals surface area contributed by atoms with Gasteiger partial charge in [0.05, 0.1) is 19.5 Å². The van der Waals surface area contributed by atoms with Crippen molar-refractivity contribution in [2.75, 3.05) is 7.11 Å². The van der Waals surface area contributed by atoms with Gasteiger partial charge < -0.3 is 4.74 Å². The Morgan fingerprint density at radius 2 is 1.89 bits per heavy atom. The monoisotopic (exact) mass is 307 g/mol. The smallest absolute Gasteiger partial charge is 0.324 e. The van der Waals surface area contributed by atoms with Crippen molar-refractivity contribution in [1.29, 1.82) is 0 Å². The fourth-order valence-electron chi connectivity index (χ4n) is 1.26. The van der Waals surface area contributed by atoms with Crippen molar-refractivity contribution >= 4 is 27.6 Å². The van der Waals surface area contributed by atoms with Gasteiger partial charge in [-0.15, -0.1) is 0 Å². The molecule has 1 heterocycles. The predicted molar refractivity (Wildman–Crippen MR) is 68.0 cm³/mol. The van der Waals surface area contributed by atoms with E-state index in [1.165, 1.54) is 7.11 Å². The van der Waals surface area contributed by atoms with Crippen LogP contribution >= 0.6 is 11.6 Å². The lowest BCUT2D eigenvalue weighted by Crippen LogP contribution is -2.44. The molecule has 0 saturated carbocycles. The number of nitrogens with one attached hydrogen (secondary N) is 1. The van der Waals surface area contributed by atoms with E-state index in [0.717, 1.165) is 12.4 Å². The number of methoxy groups -OCH3 is 1. The van der Waals surface area contributed by atoms with Gasteiger partial charge in [-0.05, 0) is 17.5 Å². The Hall–Kier alpha value is -1.25. The van der Waals surface area contributed by atoms with Crippen LogP contribution in [0.5, 0.6) is 0 Å². The quantitative estimate of drug-likeness (QED) is 0.632. The van der Waals surface area contributed by atoms with E-state index in [1.807, 2.05) is 0 Å². The minimum Gasteiger partial charge on any atom is -0.468 e. The Labute approximate surface area is 116 Å². The molecular weight excluding hydrogens is 294 g/mol. The van der Waals surface area contributed by atoms with Gasteiger partial charge in [-0.2, -0.15) is 4.72 Å². The predicted octanol–water partition coefficient (Wildman–Crippen LogP) is 0.606. The normalized spacial score (nSPS) is 13.3. The SMILES string of the molecule is COC(=O)C(NS(=O)(=O)c1cnc(Cl)nc1)C(C)C. The molecule has 1 N–H and O–H groups in total. The molecular formula is C10H14ClN3O4S. The molecule has 106 valence electrons. The second-order valence-corrected chi connectivity index (χ2v) is 6.11. The van der Waals surface area contributed by atoms with Crippen LogP contribution in [0.2, 0.25) is 5.28 Å². The van der Waals surface area contributed by atoms with E-state index in [1.54, 1.807) is 13.8 Å². The van der Waals surface area contributed by atoms with Gasteiger partial charge in [-0.1, -0.05) is 13.8 Å². The maximum atomic E-state index is 12.0. The zero-order valence-electron chi connectivity index (χ0n) is 10.6. The summed E-state index contributed by atoms with van der Waals surface area (Å²) in [4.78, 5) is 18.5. The van der Waals surface area contributed by atoms with Crippen LogP contribution in [-0.2, 0) is 19.6 Å². The average Bonchev–Trinajstić information content (AvgIpc) is 2.35. The highest BCUT2D eigenvalue weighted by Crippen LogP contribution is 2.12. The molecule has 0 bridgehead atoms. The van der Waals surface area contributed by atoms with Crippen LogP contribution in [0.1, 0.15) is 13.8 Å². The van der Waals surface area contributed by atoms with Gasteiger partial charge in [0.15, 0.2) is 0 Å². The fraction of sp³-hybridized carbons (Fsp3) is 0.500. The van der Waals surface area contributed by atoms with Crippen LogP contribution in [-0.4, -0.2) is 37.5 Å². The van der Waals surface area contributed by atoms with Gasteiger partial charge in [-0.25, -0.2) is 18.4 Å². The van der Waals surface area contributed by atoms with E-state index in [9.17, 15) is 13.2 Å². The molecule has 0 aliphatic carbocycles. The number of rotatable bonds is 5. The van der Waals surface area contributed by atoms with Crippen molar-refractivity contribution in [2.24, 2.45) is 5.92 Å². The van der Waals surface area contributed by atoms with Crippen LogP contribution in [0.15, 0.2) is 17.3 Å². The van der Waals surface area contributed by atoms with Gasteiger partial charge in [0.1, 0.15) is 10.9 Å². The molecule has 1 aromatic rings. The number of carbonyl (C=O) groups is 1. The number of nitrogens with zero attached hydrogens (tertiary/aromatic N) is 2. The summed E-state index contributed by atoms with van der Waals surface area (Å²) < 4.78 is 30.9. The third-order valence-electron chi connectivity index (χ3n) is 2.31. The fourth-order valence-corrected chi connectivity index (χ4v) is 2.58. The van der Waals surface area contributed by atoms with Crippen LogP contribution in [0.4, 0.5) is 0 Å². The first-order chi connectivity index (χ1) is 8.77. The Balaban J connectivity index is 3.00. The van der Waals surface area contributed by atoms with E-state index in [0.29, 0.717) is 0 Å².